The second-order valence-electron chi connectivity index (χ2n) is 9.39. The number of imidazole rings is 1. The SMILES string of the molecule is COc1ccccc1OCCCCn1c(CNC(=O)Cc2ccc(-c3ccccc3)cc2)nc2ccccc21. The summed E-state index contributed by atoms with van der Waals surface area (Å²) in [5.41, 5.74) is 5.30. The van der Waals surface area contributed by atoms with Crippen LogP contribution in [0.2, 0.25) is 0 Å². The number of amides is 1. The Morgan fingerprint density at radius 2 is 1.49 bits per heavy atom. The molecule has 0 saturated carbocycles. The highest BCUT2D eigenvalue weighted by atomic mass is 16.5. The molecule has 0 bridgehead atoms. The Hall–Kier alpha value is -4.58. The summed E-state index contributed by atoms with van der Waals surface area (Å²) in [5.74, 6) is 2.33. The van der Waals surface area contributed by atoms with E-state index < -0.39 is 0 Å². The maximum Gasteiger partial charge on any atom is 0.224 e. The molecular weight excluding hydrogens is 486 g/mol. The Morgan fingerprint density at radius 1 is 0.795 bits per heavy atom. The molecule has 1 amide bonds. The second kappa shape index (κ2) is 12.8. The standard InChI is InChI=1S/C33H33N3O3/c1-38-30-15-7-8-16-31(30)39-22-10-9-21-36-29-14-6-5-13-28(29)35-32(36)24-34-33(37)23-25-17-19-27(20-18-25)26-11-3-2-4-12-26/h2-8,11-20H,9-10,21-24H2,1H3,(H,34,37). The fourth-order valence-corrected chi connectivity index (χ4v) is 4.67. The molecule has 0 radical (unpaired) electrons. The lowest BCUT2D eigenvalue weighted by molar-refractivity contribution is -0.120. The van der Waals surface area contributed by atoms with E-state index in [1.807, 2.05) is 72.8 Å². The minimum absolute atomic E-state index is 0.0220. The molecule has 0 aliphatic carbocycles. The molecule has 198 valence electrons. The number of nitrogens with zero attached hydrogens (tertiary/aromatic N) is 2. The van der Waals surface area contributed by atoms with Gasteiger partial charge in [0.05, 0.1) is 37.7 Å². The van der Waals surface area contributed by atoms with Gasteiger partial charge in [0.25, 0.3) is 0 Å². The van der Waals surface area contributed by atoms with Gasteiger partial charge in [-0.15, -0.1) is 0 Å². The molecule has 0 aliphatic rings. The summed E-state index contributed by atoms with van der Waals surface area (Å²) in [6, 6.07) is 34.2. The lowest BCUT2D eigenvalue weighted by Crippen LogP contribution is -2.26. The van der Waals surface area contributed by atoms with E-state index in [0.29, 0.717) is 19.6 Å². The molecule has 5 aromatic rings. The second-order valence-corrected chi connectivity index (χ2v) is 9.39. The molecule has 0 aliphatic heterocycles. The maximum absolute atomic E-state index is 12.8. The normalized spacial score (nSPS) is 10.9. The van der Waals surface area contributed by atoms with Crippen molar-refractivity contribution in [1.29, 1.82) is 0 Å². The number of hydrogen-bond acceptors (Lipinski definition) is 4. The van der Waals surface area contributed by atoms with Crippen LogP contribution in [0.25, 0.3) is 22.2 Å². The van der Waals surface area contributed by atoms with Gasteiger partial charge in [0.2, 0.25) is 5.91 Å². The fourth-order valence-electron chi connectivity index (χ4n) is 4.67. The summed E-state index contributed by atoms with van der Waals surface area (Å²) in [4.78, 5) is 17.6. The van der Waals surface area contributed by atoms with Gasteiger partial charge in [-0.2, -0.15) is 0 Å². The maximum atomic E-state index is 12.8. The highest BCUT2D eigenvalue weighted by Crippen LogP contribution is 2.26. The van der Waals surface area contributed by atoms with Gasteiger partial charge in [0, 0.05) is 6.54 Å². The van der Waals surface area contributed by atoms with Crippen LogP contribution in [0.1, 0.15) is 24.2 Å². The van der Waals surface area contributed by atoms with Gasteiger partial charge in [-0.1, -0.05) is 78.9 Å². The van der Waals surface area contributed by atoms with Crippen LogP contribution in [0.5, 0.6) is 11.5 Å². The molecule has 0 spiro atoms. The highest BCUT2D eigenvalue weighted by Gasteiger charge is 2.12. The molecule has 4 aromatic carbocycles. The third-order valence-corrected chi connectivity index (χ3v) is 6.71. The number of benzene rings is 4. The largest absolute Gasteiger partial charge is 0.493 e. The van der Waals surface area contributed by atoms with Crippen LogP contribution in [0.3, 0.4) is 0 Å². The van der Waals surface area contributed by atoms with Gasteiger partial charge in [-0.25, -0.2) is 4.98 Å². The molecule has 0 atom stereocenters. The van der Waals surface area contributed by atoms with Crippen LogP contribution in [-0.2, 0) is 24.3 Å². The van der Waals surface area contributed by atoms with Gasteiger partial charge in [0.15, 0.2) is 11.5 Å². The van der Waals surface area contributed by atoms with E-state index in [9.17, 15) is 4.79 Å². The minimum atomic E-state index is -0.0220. The summed E-state index contributed by atoms with van der Waals surface area (Å²) >= 11 is 0. The number of aryl methyl sites for hydroxylation is 1. The van der Waals surface area contributed by atoms with Crippen molar-refractivity contribution in [3.05, 3.63) is 115 Å². The average molecular weight is 520 g/mol. The Morgan fingerprint density at radius 3 is 2.28 bits per heavy atom. The topological polar surface area (TPSA) is 65.4 Å². The van der Waals surface area contributed by atoms with Gasteiger partial charge in [-0.3, -0.25) is 4.79 Å². The predicted octanol–water partition coefficient (Wildman–Crippen LogP) is 6.43. The quantitative estimate of drug-likeness (QED) is 0.193. The molecular formula is C33H33N3O3. The Kier molecular flexibility index (Phi) is 8.54. The van der Waals surface area contributed by atoms with Crippen molar-refractivity contribution < 1.29 is 14.3 Å². The first-order valence-electron chi connectivity index (χ1n) is 13.3. The van der Waals surface area contributed by atoms with E-state index in [4.69, 9.17) is 14.5 Å². The molecule has 6 heteroatoms. The first-order valence-corrected chi connectivity index (χ1v) is 13.3. The van der Waals surface area contributed by atoms with Crippen molar-refractivity contribution in [2.24, 2.45) is 0 Å². The molecule has 0 unspecified atom stereocenters. The average Bonchev–Trinajstić information content (AvgIpc) is 3.34. The lowest BCUT2D eigenvalue weighted by Gasteiger charge is -2.12. The van der Waals surface area contributed by atoms with Crippen molar-refractivity contribution >= 4 is 16.9 Å². The predicted molar refractivity (Wildman–Crippen MR) is 155 cm³/mol. The first-order chi connectivity index (χ1) is 19.2. The molecule has 0 saturated heterocycles. The van der Waals surface area contributed by atoms with Crippen LogP contribution >= 0.6 is 0 Å². The number of rotatable bonds is 12. The summed E-state index contributed by atoms with van der Waals surface area (Å²) in [7, 11) is 1.65. The smallest absolute Gasteiger partial charge is 0.224 e. The van der Waals surface area contributed by atoms with Crippen molar-refractivity contribution in [3.63, 3.8) is 0 Å². The molecule has 1 heterocycles. The number of unbranched alkanes of at least 4 members (excludes halogenated alkanes) is 1. The van der Waals surface area contributed by atoms with Gasteiger partial charge in [-0.05, 0) is 53.8 Å². The van der Waals surface area contributed by atoms with Crippen LogP contribution in [0, 0.1) is 0 Å². The first kappa shape index (κ1) is 26.0. The molecule has 5 rings (SSSR count). The van der Waals surface area contributed by atoms with Crippen LogP contribution in [-0.4, -0.2) is 29.2 Å². The van der Waals surface area contributed by atoms with Crippen molar-refractivity contribution in [3.8, 4) is 22.6 Å². The van der Waals surface area contributed by atoms with E-state index in [2.05, 4.69) is 40.2 Å². The van der Waals surface area contributed by atoms with Crippen LogP contribution in [0.15, 0.2) is 103 Å². The Balaban J connectivity index is 1.16. The monoisotopic (exact) mass is 519 g/mol. The molecule has 1 N–H and O–H groups in total. The number of carbonyl (C=O) groups is 1. The molecule has 6 nitrogen and oxygen atoms in total. The summed E-state index contributed by atoms with van der Waals surface area (Å²) in [5, 5.41) is 3.07. The van der Waals surface area contributed by atoms with Crippen LogP contribution < -0.4 is 14.8 Å². The summed E-state index contributed by atoms with van der Waals surface area (Å²) in [6.45, 7) is 1.78. The van der Waals surface area contributed by atoms with Gasteiger partial charge < -0.3 is 19.4 Å². The number of hydrogen-bond donors (Lipinski definition) is 1. The number of carbonyl (C=O) groups excluding carboxylic acids is 1. The highest BCUT2D eigenvalue weighted by molar-refractivity contribution is 5.79. The van der Waals surface area contributed by atoms with E-state index >= 15 is 0 Å². The van der Waals surface area contributed by atoms with Gasteiger partial charge in [0.1, 0.15) is 5.82 Å². The zero-order chi connectivity index (χ0) is 26.9. The number of fused-ring (bicyclic) bond motifs is 1. The Labute approximate surface area is 229 Å². The minimum Gasteiger partial charge on any atom is -0.493 e. The van der Waals surface area contributed by atoms with Crippen LogP contribution in [0.4, 0.5) is 0 Å². The van der Waals surface area contributed by atoms with E-state index in [1.165, 1.54) is 5.56 Å². The summed E-state index contributed by atoms with van der Waals surface area (Å²) in [6.07, 6.45) is 2.13. The van der Waals surface area contributed by atoms with Crippen molar-refractivity contribution in [2.45, 2.75) is 32.4 Å². The van der Waals surface area contributed by atoms with E-state index in [-0.39, 0.29) is 5.91 Å². The van der Waals surface area contributed by atoms with Crippen molar-refractivity contribution in [2.75, 3.05) is 13.7 Å². The number of ether oxygens (including phenoxy) is 2. The number of aromatic nitrogens is 2. The number of methoxy groups -OCH3 is 1. The van der Waals surface area contributed by atoms with Gasteiger partial charge >= 0.3 is 0 Å². The van der Waals surface area contributed by atoms with E-state index in [1.54, 1.807) is 7.11 Å². The molecule has 0 fully saturated rings. The van der Waals surface area contributed by atoms with Crippen molar-refractivity contribution in [1.82, 2.24) is 14.9 Å². The zero-order valence-corrected chi connectivity index (χ0v) is 22.2. The Bertz CT molecular complexity index is 1510. The fraction of sp³-hybridized carbons (Fsp3) is 0.212. The summed E-state index contributed by atoms with van der Waals surface area (Å²) < 4.78 is 13.5. The zero-order valence-electron chi connectivity index (χ0n) is 22.2. The third-order valence-electron chi connectivity index (χ3n) is 6.71. The molecule has 1 aromatic heterocycles. The lowest BCUT2D eigenvalue weighted by atomic mass is 10.0. The molecule has 39 heavy (non-hydrogen) atoms. The number of nitrogens with one attached hydrogen (secondary N) is 1. The third kappa shape index (κ3) is 6.65. The van der Waals surface area contributed by atoms with E-state index in [0.717, 1.165) is 58.9 Å². The number of para-hydroxylation sites is 4.